The summed E-state index contributed by atoms with van der Waals surface area (Å²) in [6, 6.07) is 1.70. The fourth-order valence-electron chi connectivity index (χ4n) is 1.84. The van der Waals surface area contributed by atoms with Crippen molar-refractivity contribution in [2.75, 3.05) is 19.8 Å². The molecule has 0 aromatic carbocycles. The van der Waals surface area contributed by atoms with Crippen molar-refractivity contribution < 1.29 is 9.47 Å². The zero-order valence-corrected chi connectivity index (χ0v) is 9.69. The molecule has 0 atom stereocenters. The Morgan fingerprint density at radius 3 is 3.00 bits per heavy atom. The van der Waals surface area contributed by atoms with E-state index in [1.54, 1.807) is 18.5 Å². The third-order valence-electron chi connectivity index (χ3n) is 2.89. The van der Waals surface area contributed by atoms with Crippen LogP contribution < -0.4 is 10.5 Å². The molecule has 1 fully saturated rings. The van der Waals surface area contributed by atoms with Crippen LogP contribution in [0.5, 0.6) is 5.75 Å². The maximum atomic E-state index is 7.45. The Labute approximate surface area is 100 Å². The maximum absolute atomic E-state index is 7.45. The van der Waals surface area contributed by atoms with Gasteiger partial charge in [-0.1, -0.05) is 0 Å². The summed E-state index contributed by atoms with van der Waals surface area (Å²) < 4.78 is 11.0. The average Bonchev–Trinajstić information content (AvgIpc) is 2.38. The highest BCUT2D eigenvalue weighted by Crippen LogP contribution is 2.20. The number of nitrogen functional groups attached to an aromatic ring is 1. The topological polar surface area (TPSA) is 81.2 Å². The van der Waals surface area contributed by atoms with Crippen molar-refractivity contribution in [1.29, 1.82) is 5.41 Å². The van der Waals surface area contributed by atoms with Gasteiger partial charge in [-0.2, -0.15) is 0 Å². The zero-order chi connectivity index (χ0) is 12.1. The van der Waals surface area contributed by atoms with Crippen molar-refractivity contribution in [2.45, 2.75) is 12.8 Å². The van der Waals surface area contributed by atoms with Gasteiger partial charge in [-0.05, 0) is 24.8 Å². The molecule has 1 aliphatic heterocycles. The number of ether oxygens (including phenoxy) is 2. The van der Waals surface area contributed by atoms with Crippen LogP contribution in [0.1, 0.15) is 18.4 Å². The molecule has 5 heteroatoms. The minimum absolute atomic E-state index is 0.00868. The minimum Gasteiger partial charge on any atom is -0.491 e. The molecule has 92 valence electrons. The van der Waals surface area contributed by atoms with Gasteiger partial charge in [0.05, 0.1) is 18.4 Å². The second kappa shape index (κ2) is 5.63. The summed E-state index contributed by atoms with van der Waals surface area (Å²) in [5, 5.41) is 7.45. The normalized spacial score (nSPS) is 16.7. The molecule has 17 heavy (non-hydrogen) atoms. The lowest BCUT2D eigenvalue weighted by atomic mass is 10.0. The van der Waals surface area contributed by atoms with Crippen LogP contribution in [0.2, 0.25) is 0 Å². The maximum Gasteiger partial charge on any atom is 0.148 e. The second-order valence-electron chi connectivity index (χ2n) is 4.15. The van der Waals surface area contributed by atoms with E-state index in [0.29, 0.717) is 23.8 Å². The third kappa shape index (κ3) is 3.17. The first-order valence-electron chi connectivity index (χ1n) is 5.76. The molecule has 0 unspecified atom stereocenters. The number of aromatic nitrogens is 1. The summed E-state index contributed by atoms with van der Waals surface area (Å²) in [7, 11) is 0. The number of hydrogen-bond donors (Lipinski definition) is 2. The fraction of sp³-hybridized carbons (Fsp3) is 0.500. The van der Waals surface area contributed by atoms with Crippen molar-refractivity contribution in [3.63, 3.8) is 0 Å². The van der Waals surface area contributed by atoms with Crippen LogP contribution in [0.4, 0.5) is 0 Å². The van der Waals surface area contributed by atoms with E-state index in [4.69, 9.17) is 20.6 Å². The first kappa shape index (κ1) is 11.9. The highest BCUT2D eigenvalue weighted by Gasteiger charge is 2.15. The van der Waals surface area contributed by atoms with Gasteiger partial charge in [0.15, 0.2) is 0 Å². The van der Waals surface area contributed by atoms with Gasteiger partial charge in [0, 0.05) is 19.4 Å². The summed E-state index contributed by atoms with van der Waals surface area (Å²) in [6.45, 7) is 2.25. The van der Waals surface area contributed by atoms with Gasteiger partial charge in [0.2, 0.25) is 0 Å². The zero-order valence-electron chi connectivity index (χ0n) is 9.69. The quantitative estimate of drug-likeness (QED) is 0.606. The van der Waals surface area contributed by atoms with E-state index in [-0.39, 0.29) is 5.84 Å². The average molecular weight is 235 g/mol. The molecule has 0 amide bonds. The van der Waals surface area contributed by atoms with E-state index in [1.165, 1.54) is 0 Å². The summed E-state index contributed by atoms with van der Waals surface area (Å²) >= 11 is 0. The van der Waals surface area contributed by atoms with Crippen LogP contribution in [0, 0.1) is 11.3 Å². The monoisotopic (exact) mass is 235 g/mol. The molecule has 2 rings (SSSR count). The molecule has 5 nitrogen and oxygen atoms in total. The smallest absolute Gasteiger partial charge is 0.148 e. The first-order valence-corrected chi connectivity index (χ1v) is 5.76. The molecule has 0 aliphatic carbocycles. The van der Waals surface area contributed by atoms with Crippen molar-refractivity contribution in [1.82, 2.24) is 4.98 Å². The van der Waals surface area contributed by atoms with Crippen molar-refractivity contribution in [3.8, 4) is 5.75 Å². The van der Waals surface area contributed by atoms with E-state index < -0.39 is 0 Å². The highest BCUT2D eigenvalue weighted by atomic mass is 16.5. The molecule has 0 bridgehead atoms. The highest BCUT2D eigenvalue weighted by molar-refractivity contribution is 5.97. The molecule has 1 aromatic rings. The SMILES string of the molecule is N=C(N)c1ccncc1OCC1CCOCC1. The Balaban J connectivity index is 1.96. The molecule has 3 N–H and O–H groups in total. The van der Waals surface area contributed by atoms with Crippen LogP contribution in [0.15, 0.2) is 18.5 Å². The van der Waals surface area contributed by atoms with Gasteiger partial charge in [-0.15, -0.1) is 0 Å². The third-order valence-corrected chi connectivity index (χ3v) is 2.89. The molecular formula is C12H17N3O2. The first-order chi connectivity index (χ1) is 8.27. The molecule has 1 aromatic heterocycles. The van der Waals surface area contributed by atoms with Gasteiger partial charge in [-0.25, -0.2) is 0 Å². The van der Waals surface area contributed by atoms with Crippen molar-refractivity contribution >= 4 is 5.84 Å². The standard InChI is InChI=1S/C12H17N3O2/c13-12(14)10-1-4-15-7-11(10)17-8-9-2-5-16-6-3-9/h1,4,7,9H,2-3,5-6,8H2,(H3,13,14). The molecule has 2 heterocycles. The lowest BCUT2D eigenvalue weighted by Gasteiger charge is -2.22. The van der Waals surface area contributed by atoms with Crippen LogP contribution in [0.25, 0.3) is 0 Å². The van der Waals surface area contributed by atoms with Gasteiger partial charge >= 0.3 is 0 Å². The van der Waals surface area contributed by atoms with Gasteiger partial charge in [-0.3, -0.25) is 10.4 Å². The van der Waals surface area contributed by atoms with Crippen LogP contribution in [0.3, 0.4) is 0 Å². The van der Waals surface area contributed by atoms with Crippen LogP contribution in [-0.4, -0.2) is 30.6 Å². The van der Waals surface area contributed by atoms with Gasteiger partial charge in [0.25, 0.3) is 0 Å². The number of nitrogens with one attached hydrogen (secondary N) is 1. The Morgan fingerprint density at radius 1 is 1.53 bits per heavy atom. The molecule has 0 radical (unpaired) electrons. The summed E-state index contributed by atoms with van der Waals surface area (Å²) in [5.41, 5.74) is 6.08. The van der Waals surface area contributed by atoms with Gasteiger partial charge < -0.3 is 15.2 Å². The van der Waals surface area contributed by atoms with Crippen LogP contribution in [-0.2, 0) is 4.74 Å². The minimum atomic E-state index is 0.00868. The predicted molar refractivity (Wildman–Crippen MR) is 64.3 cm³/mol. The van der Waals surface area contributed by atoms with Crippen molar-refractivity contribution in [3.05, 3.63) is 24.0 Å². The Hall–Kier alpha value is -1.62. The van der Waals surface area contributed by atoms with Crippen molar-refractivity contribution in [2.24, 2.45) is 11.7 Å². The Morgan fingerprint density at radius 2 is 2.29 bits per heavy atom. The molecule has 0 saturated carbocycles. The van der Waals surface area contributed by atoms with E-state index in [1.807, 2.05) is 0 Å². The Kier molecular flexibility index (Phi) is 3.93. The number of rotatable bonds is 4. The number of pyridine rings is 1. The summed E-state index contributed by atoms with van der Waals surface area (Å²) in [4.78, 5) is 3.99. The summed E-state index contributed by atoms with van der Waals surface area (Å²) in [6.07, 6.45) is 5.26. The van der Waals surface area contributed by atoms with E-state index in [0.717, 1.165) is 26.1 Å². The van der Waals surface area contributed by atoms with Crippen LogP contribution >= 0.6 is 0 Å². The van der Waals surface area contributed by atoms with E-state index >= 15 is 0 Å². The second-order valence-corrected chi connectivity index (χ2v) is 4.15. The van der Waals surface area contributed by atoms with Gasteiger partial charge in [0.1, 0.15) is 11.6 Å². The molecule has 1 saturated heterocycles. The number of hydrogen-bond acceptors (Lipinski definition) is 4. The summed E-state index contributed by atoms with van der Waals surface area (Å²) in [5.74, 6) is 1.12. The number of amidine groups is 1. The van der Waals surface area contributed by atoms with E-state index in [2.05, 4.69) is 4.98 Å². The fourth-order valence-corrected chi connectivity index (χ4v) is 1.84. The molecule has 0 spiro atoms. The number of nitrogens with zero attached hydrogens (tertiary/aromatic N) is 1. The predicted octanol–water partition coefficient (Wildman–Crippen LogP) is 1.17. The number of nitrogens with two attached hydrogens (primary N) is 1. The molecular weight excluding hydrogens is 218 g/mol. The lowest BCUT2D eigenvalue weighted by Crippen LogP contribution is -2.22. The lowest BCUT2D eigenvalue weighted by molar-refractivity contribution is 0.0497. The Bertz CT molecular complexity index is 389. The van der Waals surface area contributed by atoms with E-state index in [9.17, 15) is 0 Å². The molecule has 1 aliphatic rings. The largest absolute Gasteiger partial charge is 0.491 e.